The topological polar surface area (TPSA) is 78.1 Å². The van der Waals surface area contributed by atoms with Gasteiger partial charge in [-0.05, 0) is 18.8 Å². The lowest BCUT2D eigenvalue weighted by Gasteiger charge is -2.26. The predicted molar refractivity (Wildman–Crippen MR) is 82.3 cm³/mol. The van der Waals surface area contributed by atoms with Crippen LogP contribution >= 0.6 is 0 Å². The normalized spacial score (nSPS) is 20.8. The Hall–Kier alpha value is -0.920. The van der Waals surface area contributed by atoms with Gasteiger partial charge in [-0.15, -0.1) is 0 Å². The van der Waals surface area contributed by atoms with Gasteiger partial charge in [0, 0.05) is 30.7 Å². The minimum Gasteiger partial charge on any atom is -0.310 e. The van der Waals surface area contributed by atoms with E-state index in [1.54, 1.807) is 10.5 Å². The molecule has 6 nitrogen and oxygen atoms in total. The Labute approximate surface area is 127 Å². The number of aromatic nitrogens is 2. The van der Waals surface area contributed by atoms with Crippen molar-refractivity contribution in [3.8, 4) is 0 Å². The average molecular weight is 314 g/mol. The lowest BCUT2D eigenvalue weighted by molar-refractivity contribution is 0.314. The summed E-state index contributed by atoms with van der Waals surface area (Å²) in [6, 6.07) is 0.384. The number of hydrogen-bond acceptors (Lipinski definition) is 4. The fourth-order valence-electron chi connectivity index (χ4n) is 2.81. The molecule has 0 aliphatic carbocycles. The van der Waals surface area contributed by atoms with Crippen molar-refractivity contribution in [1.82, 2.24) is 19.8 Å². The molecule has 0 amide bonds. The van der Waals surface area contributed by atoms with Gasteiger partial charge in [0.15, 0.2) is 5.03 Å². The number of rotatable bonds is 6. The molecule has 0 bridgehead atoms. The molecule has 0 saturated carbocycles. The number of hydrogen-bond donors (Lipinski definition) is 2. The number of aromatic amines is 1. The molecule has 1 saturated heterocycles. The van der Waals surface area contributed by atoms with E-state index < -0.39 is 10.0 Å². The van der Waals surface area contributed by atoms with Crippen molar-refractivity contribution in [3.05, 3.63) is 11.8 Å². The maximum Gasteiger partial charge on any atom is 0.260 e. The second kappa shape index (κ2) is 6.46. The first-order chi connectivity index (χ1) is 9.84. The van der Waals surface area contributed by atoms with Crippen LogP contribution in [0.5, 0.6) is 0 Å². The molecule has 1 aromatic rings. The lowest BCUT2D eigenvalue weighted by atomic mass is 10.0. The number of sulfonamides is 1. The summed E-state index contributed by atoms with van der Waals surface area (Å²) in [5, 5.41) is 10.1. The van der Waals surface area contributed by atoms with Crippen LogP contribution in [0.15, 0.2) is 11.2 Å². The maximum atomic E-state index is 12.9. The van der Waals surface area contributed by atoms with Crippen LogP contribution in [0, 0.1) is 5.92 Å². The van der Waals surface area contributed by atoms with Gasteiger partial charge in [0.05, 0.1) is 6.20 Å². The highest BCUT2D eigenvalue weighted by molar-refractivity contribution is 7.89. The smallest absolute Gasteiger partial charge is 0.260 e. The summed E-state index contributed by atoms with van der Waals surface area (Å²) in [6.45, 7) is 9.32. The van der Waals surface area contributed by atoms with Gasteiger partial charge in [-0.2, -0.15) is 9.40 Å². The monoisotopic (exact) mass is 314 g/mol. The van der Waals surface area contributed by atoms with Gasteiger partial charge in [0.2, 0.25) is 0 Å². The Morgan fingerprint density at radius 3 is 2.76 bits per heavy atom. The Morgan fingerprint density at radius 1 is 1.43 bits per heavy atom. The molecule has 2 rings (SSSR count). The van der Waals surface area contributed by atoms with Gasteiger partial charge in [0.1, 0.15) is 0 Å². The van der Waals surface area contributed by atoms with E-state index in [0.717, 1.165) is 12.8 Å². The second-order valence-electron chi connectivity index (χ2n) is 6.33. The summed E-state index contributed by atoms with van der Waals surface area (Å²) in [7, 11) is -3.49. The van der Waals surface area contributed by atoms with Crippen LogP contribution < -0.4 is 5.32 Å². The Balaban J connectivity index is 2.26. The summed E-state index contributed by atoms with van der Waals surface area (Å²) in [4.78, 5) is 0. The van der Waals surface area contributed by atoms with Crippen molar-refractivity contribution in [1.29, 1.82) is 0 Å². The summed E-state index contributed by atoms with van der Waals surface area (Å²) >= 11 is 0. The van der Waals surface area contributed by atoms with E-state index in [9.17, 15) is 8.42 Å². The number of nitrogens with zero attached hydrogens (tertiary/aromatic N) is 2. The molecule has 7 heteroatoms. The largest absolute Gasteiger partial charge is 0.310 e. The molecule has 2 N–H and O–H groups in total. The standard InChI is InChI=1S/C14H26N4O2S/c1-10(2)13-6-5-7-18(13)21(19,20)14-12(9-16-17-14)8-15-11(3)4/h9-11,13,15H,5-8H2,1-4H3,(H,16,17). The van der Waals surface area contributed by atoms with Crippen LogP contribution in [0.3, 0.4) is 0 Å². The molecule has 1 atom stereocenters. The maximum absolute atomic E-state index is 12.9. The van der Waals surface area contributed by atoms with Gasteiger partial charge in [0.25, 0.3) is 10.0 Å². The molecule has 0 aromatic carbocycles. The van der Waals surface area contributed by atoms with Gasteiger partial charge in [-0.25, -0.2) is 8.42 Å². The molecule has 120 valence electrons. The van der Waals surface area contributed by atoms with Gasteiger partial charge in [-0.3, -0.25) is 5.10 Å². The highest BCUT2D eigenvalue weighted by atomic mass is 32.2. The van der Waals surface area contributed by atoms with Crippen molar-refractivity contribution in [2.24, 2.45) is 5.92 Å². The van der Waals surface area contributed by atoms with E-state index in [1.807, 2.05) is 13.8 Å². The zero-order valence-electron chi connectivity index (χ0n) is 13.3. The van der Waals surface area contributed by atoms with Crippen molar-refractivity contribution in [2.45, 2.75) is 64.2 Å². The molecule has 0 spiro atoms. The Bertz CT molecular complexity index is 565. The van der Waals surface area contributed by atoms with E-state index in [0.29, 0.717) is 30.6 Å². The van der Waals surface area contributed by atoms with Crippen molar-refractivity contribution < 1.29 is 8.42 Å². The summed E-state index contributed by atoms with van der Waals surface area (Å²) in [6.07, 6.45) is 3.46. The highest BCUT2D eigenvalue weighted by Gasteiger charge is 2.38. The van der Waals surface area contributed by atoms with E-state index in [1.165, 1.54) is 0 Å². The van der Waals surface area contributed by atoms with Gasteiger partial charge < -0.3 is 5.32 Å². The molecule has 21 heavy (non-hydrogen) atoms. The zero-order valence-corrected chi connectivity index (χ0v) is 14.1. The van der Waals surface area contributed by atoms with Crippen LogP contribution in [0.1, 0.15) is 46.1 Å². The second-order valence-corrected chi connectivity index (χ2v) is 8.16. The lowest BCUT2D eigenvalue weighted by Crippen LogP contribution is -2.39. The van der Waals surface area contributed by atoms with Gasteiger partial charge in [-0.1, -0.05) is 27.7 Å². The SMILES string of the molecule is CC(C)NCc1cn[nH]c1S(=O)(=O)N1CCCC1C(C)C. The molecule has 1 aliphatic heterocycles. The van der Waals surface area contributed by atoms with Crippen LogP contribution in [0.2, 0.25) is 0 Å². The first-order valence-electron chi connectivity index (χ1n) is 7.61. The van der Waals surface area contributed by atoms with Crippen LogP contribution in [0.25, 0.3) is 0 Å². The number of nitrogens with one attached hydrogen (secondary N) is 2. The fourth-order valence-corrected chi connectivity index (χ4v) is 4.74. The molecular formula is C14H26N4O2S. The molecule has 1 aliphatic rings. The van der Waals surface area contributed by atoms with Crippen molar-refractivity contribution in [3.63, 3.8) is 0 Å². The van der Waals surface area contributed by atoms with Crippen molar-refractivity contribution in [2.75, 3.05) is 6.54 Å². The molecule has 0 radical (unpaired) electrons. The van der Waals surface area contributed by atoms with E-state index in [-0.39, 0.29) is 11.1 Å². The summed E-state index contributed by atoms with van der Waals surface area (Å²) < 4.78 is 27.4. The van der Waals surface area contributed by atoms with Crippen LogP contribution in [-0.2, 0) is 16.6 Å². The molecule has 2 heterocycles. The van der Waals surface area contributed by atoms with E-state index in [4.69, 9.17) is 0 Å². The average Bonchev–Trinajstić information content (AvgIpc) is 3.05. The fraction of sp³-hybridized carbons (Fsp3) is 0.786. The third-order valence-electron chi connectivity index (χ3n) is 3.96. The molecule has 1 fully saturated rings. The molecular weight excluding hydrogens is 288 g/mol. The first kappa shape index (κ1) is 16.5. The summed E-state index contributed by atoms with van der Waals surface area (Å²) in [5.41, 5.74) is 0.707. The van der Waals surface area contributed by atoms with E-state index in [2.05, 4.69) is 29.4 Å². The first-order valence-corrected chi connectivity index (χ1v) is 9.05. The number of H-pyrrole nitrogens is 1. The van der Waals surface area contributed by atoms with Gasteiger partial charge >= 0.3 is 0 Å². The quantitative estimate of drug-likeness (QED) is 0.838. The zero-order chi connectivity index (χ0) is 15.6. The minimum atomic E-state index is -3.49. The van der Waals surface area contributed by atoms with Crippen LogP contribution in [-0.4, -0.2) is 41.5 Å². The minimum absolute atomic E-state index is 0.0872. The Morgan fingerprint density at radius 2 is 2.14 bits per heavy atom. The van der Waals surface area contributed by atoms with E-state index >= 15 is 0 Å². The third-order valence-corrected chi connectivity index (χ3v) is 5.90. The van der Waals surface area contributed by atoms with Crippen molar-refractivity contribution >= 4 is 10.0 Å². The third kappa shape index (κ3) is 3.46. The molecule has 1 unspecified atom stereocenters. The summed E-state index contributed by atoms with van der Waals surface area (Å²) in [5.74, 6) is 0.322. The molecule has 1 aromatic heterocycles. The highest BCUT2D eigenvalue weighted by Crippen LogP contribution is 2.30. The Kier molecular flexibility index (Phi) is 5.06. The van der Waals surface area contributed by atoms with Crippen LogP contribution in [0.4, 0.5) is 0 Å². The predicted octanol–water partition coefficient (Wildman–Crippen LogP) is 1.72.